The molecule has 1 saturated carbocycles. The fourth-order valence-electron chi connectivity index (χ4n) is 1.95. The van der Waals surface area contributed by atoms with E-state index in [0.29, 0.717) is 19.2 Å². The quantitative estimate of drug-likeness (QED) is 0.584. The molecule has 6 heteroatoms. The maximum absolute atomic E-state index is 11.1. The zero-order valence-electron chi connectivity index (χ0n) is 11.8. The third kappa shape index (κ3) is 4.18. The van der Waals surface area contributed by atoms with E-state index in [-0.39, 0.29) is 17.5 Å². The van der Waals surface area contributed by atoms with Crippen molar-refractivity contribution in [2.45, 2.75) is 38.5 Å². The van der Waals surface area contributed by atoms with Gasteiger partial charge < -0.3 is 14.8 Å². The Labute approximate surface area is 118 Å². The van der Waals surface area contributed by atoms with Crippen molar-refractivity contribution in [1.82, 2.24) is 5.32 Å². The van der Waals surface area contributed by atoms with Crippen LogP contribution >= 0.6 is 0 Å². The fourth-order valence-corrected chi connectivity index (χ4v) is 1.95. The van der Waals surface area contributed by atoms with Crippen LogP contribution in [-0.4, -0.2) is 30.8 Å². The Morgan fingerprint density at radius 2 is 2.25 bits per heavy atom. The molecule has 0 amide bonds. The second-order valence-electron chi connectivity index (χ2n) is 5.10. The van der Waals surface area contributed by atoms with E-state index in [4.69, 9.17) is 9.47 Å². The maximum atomic E-state index is 11.1. The summed E-state index contributed by atoms with van der Waals surface area (Å²) in [4.78, 5) is 10.7. The number of hydrogen-bond donors (Lipinski definition) is 1. The molecule has 1 fully saturated rings. The first-order valence-corrected chi connectivity index (χ1v) is 6.76. The summed E-state index contributed by atoms with van der Waals surface area (Å²) in [5, 5.41) is 14.5. The number of rotatable bonds is 8. The molecule has 0 aliphatic heterocycles. The van der Waals surface area contributed by atoms with E-state index in [0.717, 1.165) is 5.56 Å². The highest BCUT2D eigenvalue weighted by Gasteiger charge is 2.22. The largest absolute Gasteiger partial charge is 0.481 e. The minimum atomic E-state index is -0.407. The number of methoxy groups -OCH3 is 1. The Bertz CT molecular complexity index is 474. The van der Waals surface area contributed by atoms with Crippen LogP contribution in [0.25, 0.3) is 0 Å². The minimum absolute atomic E-state index is 0.00282. The van der Waals surface area contributed by atoms with Gasteiger partial charge in [-0.1, -0.05) is 6.07 Å². The summed E-state index contributed by atoms with van der Waals surface area (Å²) in [5.41, 5.74) is 0.901. The molecule has 6 nitrogen and oxygen atoms in total. The second kappa shape index (κ2) is 6.67. The molecule has 1 aromatic carbocycles. The van der Waals surface area contributed by atoms with E-state index >= 15 is 0 Å². The molecule has 1 unspecified atom stereocenters. The minimum Gasteiger partial charge on any atom is -0.481 e. The lowest BCUT2D eigenvalue weighted by molar-refractivity contribution is -0.386. The average molecular weight is 280 g/mol. The number of ether oxygens (including phenoxy) is 2. The lowest BCUT2D eigenvalue weighted by atomic mass is 10.2. The highest BCUT2D eigenvalue weighted by atomic mass is 16.6. The standard InChI is InChI=1S/C14H20N2O4/c1-10(9-19-2)20-14-6-3-11(7-13(14)16(17)18)8-15-12-4-5-12/h3,6-7,10,12,15H,4-5,8-9H2,1-2H3. The Kier molecular flexibility index (Phi) is 4.92. The number of nitro benzene ring substituents is 1. The van der Waals surface area contributed by atoms with Crippen LogP contribution in [0.5, 0.6) is 5.75 Å². The summed E-state index contributed by atoms with van der Waals surface area (Å²) < 4.78 is 10.5. The van der Waals surface area contributed by atoms with Gasteiger partial charge >= 0.3 is 5.69 Å². The highest BCUT2D eigenvalue weighted by molar-refractivity contribution is 5.48. The lowest BCUT2D eigenvalue weighted by Crippen LogP contribution is -2.19. The van der Waals surface area contributed by atoms with Crippen molar-refractivity contribution in [1.29, 1.82) is 0 Å². The summed E-state index contributed by atoms with van der Waals surface area (Å²) in [7, 11) is 1.57. The van der Waals surface area contributed by atoms with Crippen LogP contribution in [0.3, 0.4) is 0 Å². The SMILES string of the molecule is COCC(C)Oc1ccc(CNC2CC2)cc1[N+](=O)[O-]. The van der Waals surface area contributed by atoms with E-state index in [1.54, 1.807) is 19.2 Å². The normalized spacial score (nSPS) is 15.9. The molecule has 20 heavy (non-hydrogen) atoms. The van der Waals surface area contributed by atoms with Crippen LogP contribution in [0, 0.1) is 10.1 Å². The molecule has 1 aromatic rings. The smallest absolute Gasteiger partial charge is 0.311 e. The van der Waals surface area contributed by atoms with Gasteiger partial charge in [-0.3, -0.25) is 10.1 Å². The predicted molar refractivity (Wildman–Crippen MR) is 74.9 cm³/mol. The molecule has 1 aliphatic rings. The Morgan fingerprint density at radius 1 is 1.50 bits per heavy atom. The van der Waals surface area contributed by atoms with Crippen molar-refractivity contribution in [3.8, 4) is 5.75 Å². The Balaban J connectivity index is 2.07. The van der Waals surface area contributed by atoms with Crippen molar-refractivity contribution in [3.63, 3.8) is 0 Å². The molecule has 0 radical (unpaired) electrons. The second-order valence-corrected chi connectivity index (χ2v) is 5.10. The van der Waals surface area contributed by atoms with Gasteiger partial charge in [0.05, 0.1) is 11.5 Å². The highest BCUT2D eigenvalue weighted by Crippen LogP contribution is 2.29. The van der Waals surface area contributed by atoms with Gasteiger partial charge in [-0.2, -0.15) is 0 Å². The van der Waals surface area contributed by atoms with Gasteiger partial charge in [0.15, 0.2) is 5.75 Å². The summed E-state index contributed by atoms with van der Waals surface area (Å²) in [6, 6.07) is 5.67. The van der Waals surface area contributed by atoms with E-state index < -0.39 is 4.92 Å². The molecular weight excluding hydrogens is 260 g/mol. The van der Waals surface area contributed by atoms with E-state index in [2.05, 4.69) is 5.32 Å². The van der Waals surface area contributed by atoms with Crippen LogP contribution in [0.2, 0.25) is 0 Å². The molecule has 110 valence electrons. The Hall–Kier alpha value is -1.66. The topological polar surface area (TPSA) is 73.6 Å². The summed E-state index contributed by atoms with van der Waals surface area (Å²) in [6.07, 6.45) is 2.16. The zero-order valence-corrected chi connectivity index (χ0v) is 11.8. The summed E-state index contributed by atoms with van der Waals surface area (Å²) >= 11 is 0. The molecule has 0 heterocycles. The molecule has 0 bridgehead atoms. The summed E-state index contributed by atoms with van der Waals surface area (Å²) in [5.74, 6) is 0.287. The molecule has 0 saturated heterocycles. The van der Waals surface area contributed by atoms with Crippen LogP contribution in [0.1, 0.15) is 25.3 Å². The third-order valence-corrected chi connectivity index (χ3v) is 3.12. The maximum Gasteiger partial charge on any atom is 0.311 e. The zero-order chi connectivity index (χ0) is 14.5. The molecular formula is C14H20N2O4. The third-order valence-electron chi connectivity index (χ3n) is 3.12. The van der Waals surface area contributed by atoms with E-state index in [1.807, 2.05) is 13.0 Å². The number of nitro groups is 1. The van der Waals surface area contributed by atoms with E-state index in [1.165, 1.54) is 12.8 Å². The monoisotopic (exact) mass is 280 g/mol. The molecule has 1 atom stereocenters. The van der Waals surface area contributed by atoms with Crippen molar-refractivity contribution in [2.75, 3.05) is 13.7 Å². The number of nitrogens with zero attached hydrogens (tertiary/aromatic N) is 1. The molecule has 1 N–H and O–H groups in total. The van der Waals surface area contributed by atoms with Crippen LogP contribution in [-0.2, 0) is 11.3 Å². The van der Waals surface area contributed by atoms with Crippen LogP contribution in [0.4, 0.5) is 5.69 Å². The number of hydrogen-bond acceptors (Lipinski definition) is 5. The van der Waals surface area contributed by atoms with Crippen LogP contribution in [0.15, 0.2) is 18.2 Å². The van der Waals surface area contributed by atoms with Gasteiger partial charge in [0, 0.05) is 25.8 Å². The van der Waals surface area contributed by atoms with Gasteiger partial charge in [0.1, 0.15) is 6.10 Å². The fraction of sp³-hybridized carbons (Fsp3) is 0.571. The van der Waals surface area contributed by atoms with Crippen LogP contribution < -0.4 is 10.1 Å². The predicted octanol–water partition coefficient (Wildman–Crippen LogP) is 2.26. The molecule has 1 aliphatic carbocycles. The summed E-state index contributed by atoms with van der Waals surface area (Å²) in [6.45, 7) is 2.86. The van der Waals surface area contributed by atoms with Gasteiger partial charge in [-0.25, -0.2) is 0 Å². The first-order chi connectivity index (χ1) is 9.60. The van der Waals surface area contributed by atoms with E-state index in [9.17, 15) is 10.1 Å². The van der Waals surface area contributed by atoms with Crippen molar-refractivity contribution in [2.24, 2.45) is 0 Å². The van der Waals surface area contributed by atoms with Crippen molar-refractivity contribution < 1.29 is 14.4 Å². The Morgan fingerprint density at radius 3 is 2.85 bits per heavy atom. The lowest BCUT2D eigenvalue weighted by Gasteiger charge is -2.14. The first-order valence-electron chi connectivity index (χ1n) is 6.76. The molecule has 0 spiro atoms. The van der Waals surface area contributed by atoms with Gasteiger partial charge in [-0.15, -0.1) is 0 Å². The number of benzene rings is 1. The van der Waals surface area contributed by atoms with Gasteiger partial charge in [0.25, 0.3) is 0 Å². The first kappa shape index (κ1) is 14.7. The van der Waals surface area contributed by atoms with Crippen molar-refractivity contribution >= 4 is 5.69 Å². The van der Waals surface area contributed by atoms with Gasteiger partial charge in [0.2, 0.25) is 0 Å². The average Bonchev–Trinajstić information content (AvgIpc) is 3.21. The van der Waals surface area contributed by atoms with Crippen molar-refractivity contribution in [3.05, 3.63) is 33.9 Å². The molecule has 0 aromatic heterocycles. The number of nitrogens with one attached hydrogen (secondary N) is 1. The van der Waals surface area contributed by atoms with Gasteiger partial charge in [-0.05, 0) is 31.4 Å². The molecule has 2 rings (SSSR count).